The zero-order valence-corrected chi connectivity index (χ0v) is 8.85. The molecule has 2 aromatic heterocycles. The molecule has 0 atom stereocenters. The molecule has 3 rings (SSSR count). The normalized spacial score (nSPS) is 10.6. The number of hydrogen-bond donors (Lipinski definition) is 1. The summed E-state index contributed by atoms with van der Waals surface area (Å²) < 4.78 is 1.71. The maximum Gasteiger partial charge on any atom is 0.178 e. The highest BCUT2D eigenvalue weighted by atomic mass is 15.5. The van der Waals surface area contributed by atoms with E-state index < -0.39 is 0 Å². The first-order chi connectivity index (χ1) is 8.42. The van der Waals surface area contributed by atoms with Crippen LogP contribution in [0.2, 0.25) is 0 Å². The van der Waals surface area contributed by atoms with Crippen LogP contribution in [0.4, 0.5) is 0 Å². The molecule has 7 nitrogen and oxygen atoms in total. The standard InChI is InChI=1S/C10H9N7/c1-3-9(17-7-11-6-12-17)4-2-8(1)5-10-13-15-16-14-10/h1-4,6-7H,5H2,(H,13,14,15,16). The lowest BCUT2D eigenvalue weighted by Crippen LogP contribution is -1.96. The number of H-pyrrole nitrogens is 1. The van der Waals surface area contributed by atoms with E-state index in [0.29, 0.717) is 12.2 Å². The van der Waals surface area contributed by atoms with Crippen LogP contribution in [0.5, 0.6) is 0 Å². The number of aromatic nitrogens is 7. The third-order valence-corrected chi connectivity index (χ3v) is 2.37. The summed E-state index contributed by atoms with van der Waals surface area (Å²) in [7, 11) is 0. The van der Waals surface area contributed by atoms with Gasteiger partial charge in [-0.2, -0.15) is 10.3 Å². The minimum Gasteiger partial charge on any atom is -0.223 e. The van der Waals surface area contributed by atoms with Gasteiger partial charge in [0, 0.05) is 6.42 Å². The summed E-state index contributed by atoms with van der Waals surface area (Å²) in [5.41, 5.74) is 2.09. The van der Waals surface area contributed by atoms with Crippen molar-refractivity contribution in [2.45, 2.75) is 6.42 Å². The zero-order valence-electron chi connectivity index (χ0n) is 8.85. The molecule has 0 spiro atoms. The van der Waals surface area contributed by atoms with Crippen LogP contribution >= 0.6 is 0 Å². The smallest absolute Gasteiger partial charge is 0.178 e. The van der Waals surface area contributed by atoms with E-state index in [2.05, 4.69) is 30.7 Å². The van der Waals surface area contributed by atoms with E-state index in [-0.39, 0.29) is 0 Å². The second-order valence-electron chi connectivity index (χ2n) is 3.51. The van der Waals surface area contributed by atoms with Crippen molar-refractivity contribution in [1.82, 2.24) is 35.4 Å². The van der Waals surface area contributed by atoms with Gasteiger partial charge >= 0.3 is 0 Å². The molecule has 0 fully saturated rings. The molecule has 0 amide bonds. The highest BCUT2D eigenvalue weighted by Gasteiger charge is 2.01. The molecule has 0 radical (unpaired) electrons. The van der Waals surface area contributed by atoms with Crippen LogP contribution in [0, 0.1) is 0 Å². The minimum absolute atomic E-state index is 0.661. The second kappa shape index (κ2) is 4.12. The Morgan fingerprint density at radius 2 is 2.06 bits per heavy atom. The fourth-order valence-electron chi connectivity index (χ4n) is 1.55. The van der Waals surface area contributed by atoms with Crippen LogP contribution in [0.1, 0.15) is 11.4 Å². The Labute approximate surface area is 96.5 Å². The third-order valence-electron chi connectivity index (χ3n) is 2.37. The first-order valence-electron chi connectivity index (χ1n) is 5.08. The van der Waals surface area contributed by atoms with Crippen LogP contribution in [0.25, 0.3) is 5.69 Å². The number of rotatable bonds is 3. The van der Waals surface area contributed by atoms with Gasteiger partial charge in [-0.25, -0.2) is 9.67 Å². The Hall–Kier alpha value is -2.57. The average molecular weight is 227 g/mol. The molecule has 1 aromatic carbocycles. The van der Waals surface area contributed by atoms with Gasteiger partial charge in [0.1, 0.15) is 12.7 Å². The Bertz CT molecular complexity index is 568. The average Bonchev–Trinajstić information content (AvgIpc) is 3.01. The summed E-state index contributed by atoms with van der Waals surface area (Å²) >= 11 is 0. The molecule has 0 unspecified atom stereocenters. The van der Waals surface area contributed by atoms with Crippen molar-refractivity contribution in [3.05, 3.63) is 48.3 Å². The molecule has 1 N–H and O–H groups in total. The quantitative estimate of drug-likeness (QED) is 0.698. The van der Waals surface area contributed by atoms with Crippen molar-refractivity contribution in [1.29, 1.82) is 0 Å². The van der Waals surface area contributed by atoms with E-state index in [4.69, 9.17) is 0 Å². The predicted octanol–water partition coefficient (Wildman–Crippen LogP) is 0.371. The zero-order chi connectivity index (χ0) is 11.5. The molecular weight excluding hydrogens is 218 g/mol. The van der Waals surface area contributed by atoms with Crippen molar-refractivity contribution in [2.24, 2.45) is 0 Å². The number of nitrogens with one attached hydrogen (secondary N) is 1. The Morgan fingerprint density at radius 3 is 2.71 bits per heavy atom. The molecule has 0 aliphatic carbocycles. The van der Waals surface area contributed by atoms with Gasteiger partial charge in [0.25, 0.3) is 0 Å². The molecule has 0 saturated heterocycles. The molecule has 7 heteroatoms. The molecule has 17 heavy (non-hydrogen) atoms. The largest absolute Gasteiger partial charge is 0.223 e. The molecule has 3 aromatic rings. The molecule has 0 aliphatic heterocycles. The maximum atomic E-state index is 4.06. The van der Waals surface area contributed by atoms with Crippen molar-refractivity contribution >= 4 is 0 Å². The summed E-state index contributed by atoms with van der Waals surface area (Å²) in [6.45, 7) is 0. The molecule has 0 aliphatic rings. The number of nitrogens with zero attached hydrogens (tertiary/aromatic N) is 6. The van der Waals surface area contributed by atoms with Gasteiger partial charge in [-0.15, -0.1) is 10.2 Å². The van der Waals surface area contributed by atoms with Crippen molar-refractivity contribution in [3.8, 4) is 5.69 Å². The lowest BCUT2D eigenvalue weighted by Gasteiger charge is -2.01. The van der Waals surface area contributed by atoms with Gasteiger partial charge < -0.3 is 0 Å². The molecule has 2 heterocycles. The highest BCUT2D eigenvalue weighted by Crippen LogP contribution is 2.09. The highest BCUT2D eigenvalue weighted by molar-refractivity contribution is 5.34. The summed E-state index contributed by atoms with van der Waals surface area (Å²) in [4.78, 5) is 3.90. The second-order valence-corrected chi connectivity index (χ2v) is 3.51. The monoisotopic (exact) mass is 227 g/mol. The van der Waals surface area contributed by atoms with Gasteiger partial charge in [-0.3, -0.25) is 0 Å². The topological polar surface area (TPSA) is 85.2 Å². The summed E-state index contributed by atoms with van der Waals surface area (Å²) in [5, 5.41) is 17.8. The van der Waals surface area contributed by atoms with Crippen LogP contribution < -0.4 is 0 Å². The van der Waals surface area contributed by atoms with E-state index in [1.807, 2.05) is 24.3 Å². The van der Waals surface area contributed by atoms with E-state index in [1.54, 1.807) is 11.0 Å². The fourth-order valence-corrected chi connectivity index (χ4v) is 1.55. The number of aromatic amines is 1. The van der Waals surface area contributed by atoms with Crippen LogP contribution in [0.3, 0.4) is 0 Å². The first-order valence-corrected chi connectivity index (χ1v) is 5.08. The first kappa shape index (κ1) is 9.64. The van der Waals surface area contributed by atoms with Crippen molar-refractivity contribution in [3.63, 3.8) is 0 Å². The Kier molecular flexibility index (Phi) is 2.34. The summed E-state index contributed by atoms with van der Waals surface area (Å²) in [5.74, 6) is 0.679. The Morgan fingerprint density at radius 1 is 1.18 bits per heavy atom. The molecular formula is C10H9N7. The van der Waals surface area contributed by atoms with Crippen LogP contribution in [0.15, 0.2) is 36.9 Å². The van der Waals surface area contributed by atoms with Crippen LogP contribution in [-0.4, -0.2) is 35.4 Å². The maximum absolute atomic E-state index is 4.06. The summed E-state index contributed by atoms with van der Waals surface area (Å²) in [6.07, 6.45) is 3.83. The van der Waals surface area contributed by atoms with Crippen molar-refractivity contribution < 1.29 is 0 Å². The molecule has 84 valence electrons. The number of benzene rings is 1. The number of hydrogen-bond acceptors (Lipinski definition) is 5. The lowest BCUT2D eigenvalue weighted by molar-refractivity contribution is 0.877. The SMILES string of the molecule is c1ncn(-c2ccc(Cc3nn[nH]n3)cc2)n1. The Balaban J connectivity index is 1.81. The van der Waals surface area contributed by atoms with E-state index >= 15 is 0 Å². The summed E-state index contributed by atoms with van der Waals surface area (Å²) in [6, 6.07) is 7.97. The van der Waals surface area contributed by atoms with E-state index in [0.717, 1.165) is 11.3 Å². The molecule has 0 bridgehead atoms. The van der Waals surface area contributed by atoms with Gasteiger partial charge in [0.2, 0.25) is 0 Å². The van der Waals surface area contributed by atoms with Gasteiger partial charge in [0.05, 0.1) is 5.69 Å². The van der Waals surface area contributed by atoms with Gasteiger partial charge in [0.15, 0.2) is 5.82 Å². The lowest BCUT2D eigenvalue weighted by atomic mass is 10.1. The van der Waals surface area contributed by atoms with Gasteiger partial charge in [-0.1, -0.05) is 17.3 Å². The third kappa shape index (κ3) is 2.03. The van der Waals surface area contributed by atoms with Crippen molar-refractivity contribution in [2.75, 3.05) is 0 Å². The van der Waals surface area contributed by atoms with E-state index in [9.17, 15) is 0 Å². The minimum atomic E-state index is 0.661. The fraction of sp³-hybridized carbons (Fsp3) is 0.100. The van der Waals surface area contributed by atoms with Gasteiger partial charge in [-0.05, 0) is 17.7 Å². The predicted molar refractivity (Wildman–Crippen MR) is 58.3 cm³/mol. The van der Waals surface area contributed by atoms with E-state index in [1.165, 1.54) is 6.33 Å². The van der Waals surface area contributed by atoms with Crippen LogP contribution in [-0.2, 0) is 6.42 Å². The molecule has 0 saturated carbocycles. The number of tetrazole rings is 1.